The van der Waals surface area contributed by atoms with E-state index in [2.05, 4.69) is 0 Å². The predicted octanol–water partition coefficient (Wildman–Crippen LogP) is 3.14. The molecule has 0 spiro atoms. The number of nitrogen functional groups attached to an aromatic ring is 2. The van der Waals surface area contributed by atoms with Crippen LogP contribution in [0.4, 0.5) is 11.4 Å². The molecule has 0 amide bonds. The molecule has 0 saturated heterocycles. The van der Waals surface area contributed by atoms with Crippen molar-refractivity contribution in [2.45, 2.75) is 0 Å². The highest BCUT2D eigenvalue weighted by molar-refractivity contribution is 5.81. The van der Waals surface area contributed by atoms with Gasteiger partial charge in [-0.25, -0.2) is 0 Å². The summed E-state index contributed by atoms with van der Waals surface area (Å²) >= 11 is 0. The van der Waals surface area contributed by atoms with Crippen molar-refractivity contribution in [3.63, 3.8) is 0 Å². The summed E-state index contributed by atoms with van der Waals surface area (Å²) in [5, 5.41) is 0. The molecule has 0 bridgehead atoms. The zero-order valence-electron chi connectivity index (χ0n) is 11.2. The van der Waals surface area contributed by atoms with Crippen LogP contribution in [0, 0.1) is 0 Å². The highest BCUT2D eigenvalue weighted by Gasteiger charge is 2.13. The number of hydrogen-bond donors (Lipinski definition) is 2. The van der Waals surface area contributed by atoms with Crippen LogP contribution >= 0.6 is 0 Å². The van der Waals surface area contributed by atoms with Crippen molar-refractivity contribution in [1.29, 1.82) is 0 Å². The number of anilines is 2. The fourth-order valence-corrected chi connectivity index (χ4v) is 2.28. The Bertz CT molecular complexity index is 786. The van der Waals surface area contributed by atoms with E-state index < -0.39 is 0 Å². The molecule has 0 saturated carbocycles. The second kappa shape index (κ2) is 5.17. The van der Waals surface area contributed by atoms with Crippen molar-refractivity contribution in [3.8, 4) is 22.3 Å². The number of benzene rings is 2. The summed E-state index contributed by atoms with van der Waals surface area (Å²) in [6, 6.07) is 14.4. The molecule has 104 valence electrons. The first-order chi connectivity index (χ1) is 10.2. The molecule has 0 aliphatic rings. The molecule has 1 aromatic heterocycles. The Labute approximate surface area is 121 Å². The van der Waals surface area contributed by atoms with Gasteiger partial charge in [0, 0.05) is 22.5 Å². The van der Waals surface area contributed by atoms with E-state index in [1.54, 1.807) is 24.3 Å². The summed E-state index contributed by atoms with van der Waals surface area (Å²) in [7, 11) is 0. The van der Waals surface area contributed by atoms with E-state index in [1.165, 1.54) is 12.5 Å². The van der Waals surface area contributed by atoms with Gasteiger partial charge in [0.1, 0.15) is 12.5 Å². The summed E-state index contributed by atoms with van der Waals surface area (Å²) < 4.78 is 5.33. The van der Waals surface area contributed by atoms with Crippen molar-refractivity contribution in [2.24, 2.45) is 0 Å². The second-order valence-electron chi connectivity index (χ2n) is 4.70. The van der Waals surface area contributed by atoms with Gasteiger partial charge in [-0.1, -0.05) is 36.4 Å². The average Bonchev–Trinajstić information content (AvgIpc) is 2.49. The van der Waals surface area contributed by atoms with Crippen LogP contribution in [0.2, 0.25) is 0 Å². The minimum Gasteiger partial charge on any atom is -0.471 e. The maximum Gasteiger partial charge on any atom is 0.200 e. The Balaban J connectivity index is 2.24. The molecule has 0 aliphatic heterocycles. The van der Waals surface area contributed by atoms with Crippen molar-refractivity contribution in [3.05, 3.63) is 71.3 Å². The lowest BCUT2D eigenvalue weighted by Gasteiger charge is -2.08. The number of para-hydroxylation sites is 2. The van der Waals surface area contributed by atoms with Gasteiger partial charge in [-0.05, 0) is 12.1 Å². The number of nitrogens with two attached hydrogens (primary N) is 2. The molecular weight excluding hydrogens is 264 g/mol. The highest BCUT2D eigenvalue weighted by atomic mass is 16.3. The van der Waals surface area contributed by atoms with Gasteiger partial charge in [0.25, 0.3) is 0 Å². The summed E-state index contributed by atoms with van der Waals surface area (Å²) in [4.78, 5) is 12.7. The summed E-state index contributed by atoms with van der Waals surface area (Å²) in [6.45, 7) is 0. The molecule has 0 fully saturated rings. The molecule has 0 unspecified atom stereocenters. The largest absolute Gasteiger partial charge is 0.471 e. The average molecular weight is 278 g/mol. The highest BCUT2D eigenvalue weighted by Crippen LogP contribution is 2.27. The van der Waals surface area contributed by atoms with E-state index in [-0.39, 0.29) is 5.43 Å². The quantitative estimate of drug-likeness (QED) is 0.705. The first kappa shape index (κ1) is 13.0. The van der Waals surface area contributed by atoms with Crippen LogP contribution < -0.4 is 16.9 Å². The van der Waals surface area contributed by atoms with Gasteiger partial charge in [-0.3, -0.25) is 4.79 Å². The Morgan fingerprint density at radius 3 is 1.52 bits per heavy atom. The Hall–Kier alpha value is -3.01. The van der Waals surface area contributed by atoms with E-state index in [1.807, 2.05) is 24.3 Å². The maximum atomic E-state index is 12.7. The minimum atomic E-state index is -0.156. The number of hydrogen-bond acceptors (Lipinski definition) is 4. The van der Waals surface area contributed by atoms with E-state index in [0.29, 0.717) is 33.6 Å². The Kier molecular flexibility index (Phi) is 3.20. The molecule has 3 rings (SSSR count). The van der Waals surface area contributed by atoms with Crippen molar-refractivity contribution < 1.29 is 4.42 Å². The molecule has 4 heteroatoms. The third kappa shape index (κ3) is 2.27. The lowest BCUT2D eigenvalue weighted by atomic mass is 10.00. The molecule has 21 heavy (non-hydrogen) atoms. The van der Waals surface area contributed by atoms with Crippen LogP contribution in [0.25, 0.3) is 22.3 Å². The molecular formula is C17H14N2O2. The third-order valence-electron chi connectivity index (χ3n) is 3.36. The Morgan fingerprint density at radius 1 is 0.667 bits per heavy atom. The van der Waals surface area contributed by atoms with Gasteiger partial charge in [0.15, 0.2) is 0 Å². The summed E-state index contributed by atoms with van der Waals surface area (Å²) in [5.41, 5.74) is 14.9. The van der Waals surface area contributed by atoms with Crippen molar-refractivity contribution in [1.82, 2.24) is 0 Å². The first-order valence-electron chi connectivity index (χ1n) is 6.48. The fraction of sp³-hybridized carbons (Fsp3) is 0. The standard InChI is InChI=1S/C17H14N2O2/c18-15-7-3-1-5-11(15)13-9-21-10-14(17(13)20)12-6-2-4-8-16(12)19/h1-10H,18-19H2. The van der Waals surface area contributed by atoms with Gasteiger partial charge >= 0.3 is 0 Å². The SMILES string of the molecule is Nc1ccccc1-c1cocc(-c2ccccc2N)c1=O. The number of rotatable bonds is 2. The van der Waals surface area contributed by atoms with Crippen molar-refractivity contribution >= 4 is 11.4 Å². The van der Waals surface area contributed by atoms with E-state index in [4.69, 9.17) is 15.9 Å². The first-order valence-corrected chi connectivity index (χ1v) is 6.48. The van der Waals surface area contributed by atoms with Crippen LogP contribution in [-0.4, -0.2) is 0 Å². The molecule has 3 aromatic rings. The Morgan fingerprint density at radius 2 is 1.10 bits per heavy atom. The lowest BCUT2D eigenvalue weighted by Crippen LogP contribution is -2.09. The fourth-order valence-electron chi connectivity index (χ4n) is 2.28. The molecule has 1 heterocycles. The molecule has 0 radical (unpaired) electrons. The summed E-state index contributed by atoms with van der Waals surface area (Å²) in [6.07, 6.45) is 2.83. The molecule has 0 atom stereocenters. The zero-order chi connectivity index (χ0) is 14.8. The lowest BCUT2D eigenvalue weighted by molar-refractivity contribution is 0.552. The van der Waals surface area contributed by atoms with Gasteiger partial charge < -0.3 is 15.9 Å². The third-order valence-corrected chi connectivity index (χ3v) is 3.36. The van der Waals surface area contributed by atoms with Gasteiger partial charge in [0.2, 0.25) is 5.43 Å². The van der Waals surface area contributed by atoms with Crippen molar-refractivity contribution in [2.75, 3.05) is 11.5 Å². The van der Waals surface area contributed by atoms with Gasteiger partial charge in [-0.2, -0.15) is 0 Å². The van der Waals surface area contributed by atoms with Crippen LogP contribution in [0.5, 0.6) is 0 Å². The second-order valence-corrected chi connectivity index (χ2v) is 4.70. The van der Waals surface area contributed by atoms with Crippen LogP contribution in [0.15, 0.2) is 70.3 Å². The predicted molar refractivity (Wildman–Crippen MR) is 84.7 cm³/mol. The topological polar surface area (TPSA) is 82.2 Å². The normalized spacial score (nSPS) is 10.5. The van der Waals surface area contributed by atoms with Crippen LogP contribution in [0.1, 0.15) is 0 Å². The van der Waals surface area contributed by atoms with E-state index >= 15 is 0 Å². The molecule has 4 nitrogen and oxygen atoms in total. The van der Waals surface area contributed by atoms with Crippen LogP contribution in [0.3, 0.4) is 0 Å². The van der Waals surface area contributed by atoms with E-state index in [0.717, 1.165) is 0 Å². The van der Waals surface area contributed by atoms with E-state index in [9.17, 15) is 4.79 Å². The monoisotopic (exact) mass is 278 g/mol. The van der Waals surface area contributed by atoms with Gasteiger partial charge in [0.05, 0.1) is 11.1 Å². The molecule has 0 aliphatic carbocycles. The smallest absolute Gasteiger partial charge is 0.200 e. The van der Waals surface area contributed by atoms with Crippen LogP contribution in [-0.2, 0) is 0 Å². The maximum absolute atomic E-state index is 12.7. The minimum absolute atomic E-state index is 0.156. The summed E-state index contributed by atoms with van der Waals surface area (Å²) in [5.74, 6) is 0. The van der Waals surface area contributed by atoms with Gasteiger partial charge in [-0.15, -0.1) is 0 Å². The zero-order valence-corrected chi connectivity index (χ0v) is 11.2. The molecule has 2 aromatic carbocycles. The molecule has 4 N–H and O–H groups in total.